The summed E-state index contributed by atoms with van der Waals surface area (Å²) in [6, 6.07) is 10.3. The number of carbonyl (C=O) groups excluding carboxylic acids is 2. The maximum atomic E-state index is 13.9. The summed E-state index contributed by atoms with van der Waals surface area (Å²) < 4.78 is 20.5. The highest BCUT2D eigenvalue weighted by atomic mass is 19.1. The van der Waals surface area contributed by atoms with Gasteiger partial charge in [-0.25, -0.2) is 13.7 Å². The molecule has 0 aliphatic rings. The van der Waals surface area contributed by atoms with Crippen molar-refractivity contribution >= 4 is 39.9 Å². The number of ether oxygens (including phenoxy) is 1. The van der Waals surface area contributed by atoms with Crippen molar-refractivity contribution in [2.24, 2.45) is 0 Å². The minimum atomic E-state index is -0.758. The largest absolute Gasteiger partial charge is 0.444 e. The van der Waals surface area contributed by atoms with Crippen LogP contribution in [0.2, 0.25) is 0 Å². The number of aromatic amines is 1. The van der Waals surface area contributed by atoms with E-state index in [-0.39, 0.29) is 28.1 Å². The van der Waals surface area contributed by atoms with E-state index < -0.39 is 23.4 Å². The molecular formula is C22H20FN5O4. The maximum Gasteiger partial charge on any atom is 0.412 e. The van der Waals surface area contributed by atoms with Crippen molar-refractivity contribution in [1.29, 1.82) is 0 Å². The van der Waals surface area contributed by atoms with Crippen LogP contribution in [0.25, 0.3) is 16.6 Å². The molecule has 164 valence electrons. The van der Waals surface area contributed by atoms with E-state index in [1.54, 1.807) is 45.0 Å². The first kappa shape index (κ1) is 21.0. The van der Waals surface area contributed by atoms with Crippen LogP contribution in [0.15, 0.2) is 53.5 Å². The zero-order valence-corrected chi connectivity index (χ0v) is 17.5. The van der Waals surface area contributed by atoms with Gasteiger partial charge < -0.3 is 15.0 Å². The molecule has 0 unspecified atom stereocenters. The molecule has 0 radical (unpaired) electrons. The normalized spacial score (nSPS) is 11.5. The number of hydrogen-bond acceptors (Lipinski definition) is 5. The zero-order chi connectivity index (χ0) is 23.0. The molecule has 3 N–H and O–H groups in total. The fraction of sp³-hybridized carbons (Fsp3) is 0.182. The number of para-hydroxylation sites is 1. The van der Waals surface area contributed by atoms with Crippen molar-refractivity contribution in [3.63, 3.8) is 0 Å². The molecule has 0 saturated heterocycles. The zero-order valence-electron chi connectivity index (χ0n) is 17.5. The topological polar surface area (TPSA) is 118 Å². The quantitative estimate of drug-likeness (QED) is 0.449. The Hall–Kier alpha value is -4.21. The van der Waals surface area contributed by atoms with Gasteiger partial charge in [0.2, 0.25) is 0 Å². The fourth-order valence-electron chi connectivity index (χ4n) is 3.17. The molecule has 0 spiro atoms. The summed E-state index contributed by atoms with van der Waals surface area (Å²) in [6.07, 6.45) is 0.541. The summed E-state index contributed by atoms with van der Waals surface area (Å²) in [5.41, 5.74) is -0.166. The lowest BCUT2D eigenvalue weighted by atomic mass is 10.2. The first-order valence-corrected chi connectivity index (χ1v) is 9.72. The Kier molecular flexibility index (Phi) is 5.13. The molecule has 2 amide bonds. The van der Waals surface area contributed by atoms with Crippen LogP contribution in [0.3, 0.4) is 0 Å². The molecule has 9 nitrogen and oxygen atoms in total. The van der Waals surface area contributed by atoms with Crippen LogP contribution in [0.4, 0.5) is 20.6 Å². The second-order valence-electron chi connectivity index (χ2n) is 8.06. The Balaban J connectivity index is 1.68. The van der Waals surface area contributed by atoms with Crippen LogP contribution < -0.4 is 16.2 Å². The molecule has 0 atom stereocenters. The summed E-state index contributed by atoms with van der Waals surface area (Å²) in [4.78, 5) is 40.2. The molecule has 0 aliphatic heterocycles. The lowest BCUT2D eigenvalue weighted by Gasteiger charge is -2.20. The molecule has 4 aromatic rings. The number of benzene rings is 2. The number of nitrogens with one attached hydrogen (secondary N) is 3. The van der Waals surface area contributed by atoms with Gasteiger partial charge in [0.15, 0.2) is 0 Å². The van der Waals surface area contributed by atoms with Crippen LogP contribution in [-0.4, -0.2) is 32.2 Å². The first-order chi connectivity index (χ1) is 15.1. The summed E-state index contributed by atoms with van der Waals surface area (Å²) in [5, 5.41) is 9.67. The van der Waals surface area contributed by atoms with E-state index in [1.165, 1.54) is 16.8 Å². The third-order valence-electron chi connectivity index (χ3n) is 4.49. The predicted molar refractivity (Wildman–Crippen MR) is 118 cm³/mol. The van der Waals surface area contributed by atoms with E-state index in [0.717, 1.165) is 12.1 Å². The molecule has 2 aromatic carbocycles. The van der Waals surface area contributed by atoms with Gasteiger partial charge in [0.1, 0.15) is 22.6 Å². The van der Waals surface area contributed by atoms with Gasteiger partial charge in [-0.3, -0.25) is 14.9 Å². The molecule has 0 saturated carbocycles. The third-order valence-corrected chi connectivity index (χ3v) is 4.49. The second kappa shape index (κ2) is 7.80. The van der Waals surface area contributed by atoms with Gasteiger partial charge in [0.05, 0.1) is 28.5 Å². The Morgan fingerprint density at radius 2 is 1.84 bits per heavy atom. The number of H-pyrrole nitrogens is 1. The highest BCUT2D eigenvalue weighted by Gasteiger charge is 2.20. The lowest BCUT2D eigenvalue weighted by molar-refractivity contribution is 0.0635. The number of carbonyl (C=O) groups is 2. The Bertz CT molecular complexity index is 1420. The van der Waals surface area contributed by atoms with Gasteiger partial charge in [0.25, 0.3) is 11.5 Å². The van der Waals surface area contributed by atoms with E-state index in [2.05, 4.69) is 20.7 Å². The Labute approximate surface area is 181 Å². The average molecular weight is 437 g/mol. The fourth-order valence-corrected chi connectivity index (χ4v) is 3.17. The summed E-state index contributed by atoms with van der Waals surface area (Å²) in [7, 11) is 0. The van der Waals surface area contributed by atoms with Gasteiger partial charge in [0, 0.05) is 0 Å². The monoisotopic (exact) mass is 437 g/mol. The molecular weight excluding hydrogens is 417 g/mol. The van der Waals surface area contributed by atoms with Crippen LogP contribution in [-0.2, 0) is 4.74 Å². The minimum Gasteiger partial charge on any atom is -0.444 e. The molecule has 10 heteroatoms. The minimum absolute atomic E-state index is 0.0170. The SMILES string of the molecule is CC(C)(C)OC(=O)Nc1ccc(F)cc1NC(=O)c1cnn2c1[nH]c(=O)c1ccccc12. The van der Waals surface area contributed by atoms with Crippen molar-refractivity contribution < 1.29 is 18.7 Å². The van der Waals surface area contributed by atoms with E-state index in [0.29, 0.717) is 10.9 Å². The number of rotatable bonds is 3. The smallest absolute Gasteiger partial charge is 0.412 e. The van der Waals surface area contributed by atoms with Crippen molar-refractivity contribution in [3.05, 3.63) is 70.4 Å². The molecule has 0 fully saturated rings. The Morgan fingerprint density at radius 1 is 1.09 bits per heavy atom. The van der Waals surface area contributed by atoms with Gasteiger partial charge in [-0.2, -0.15) is 5.10 Å². The standard InChI is InChI=1S/C22H20FN5O4/c1-22(2,3)32-21(31)26-15-9-8-12(23)10-16(15)25-20(30)14-11-24-28-17-7-5-4-6-13(17)19(29)27-18(14)28/h4-11H,1-3H3,(H,25,30)(H,26,31)(H,27,29). The van der Waals surface area contributed by atoms with Gasteiger partial charge >= 0.3 is 6.09 Å². The Morgan fingerprint density at radius 3 is 2.59 bits per heavy atom. The van der Waals surface area contributed by atoms with Gasteiger partial charge in [-0.05, 0) is 51.1 Å². The third kappa shape index (κ3) is 4.15. The van der Waals surface area contributed by atoms with Gasteiger partial charge in [-0.1, -0.05) is 12.1 Å². The van der Waals surface area contributed by atoms with Gasteiger partial charge in [-0.15, -0.1) is 0 Å². The summed E-state index contributed by atoms with van der Waals surface area (Å²) >= 11 is 0. The molecule has 32 heavy (non-hydrogen) atoms. The highest BCUT2D eigenvalue weighted by molar-refractivity contribution is 6.10. The first-order valence-electron chi connectivity index (χ1n) is 9.72. The van der Waals surface area contributed by atoms with E-state index in [4.69, 9.17) is 4.74 Å². The van der Waals surface area contributed by atoms with E-state index in [9.17, 15) is 18.8 Å². The number of hydrogen-bond donors (Lipinski definition) is 3. The van der Waals surface area contributed by atoms with Crippen molar-refractivity contribution in [2.75, 3.05) is 10.6 Å². The summed E-state index contributed by atoms with van der Waals surface area (Å²) in [6.45, 7) is 5.11. The molecule has 0 aliphatic carbocycles. The molecule has 0 bridgehead atoms. The second-order valence-corrected chi connectivity index (χ2v) is 8.06. The van der Waals surface area contributed by atoms with Crippen LogP contribution in [0.5, 0.6) is 0 Å². The van der Waals surface area contributed by atoms with Crippen LogP contribution in [0.1, 0.15) is 31.1 Å². The summed E-state index contributed by atoms with van der Waals surface area (Å²) in [5.74, 6) is -1.27. The molecule has 2 aromatic heterocycles. The van der Waals surface area contributed by atoms with E-state index >= 15 is 0 Å². The average Bonchev–Trinajstić information content (AvgIpc) is 3.13. The van der Waals surface area contributed by atoms with Crippen molar-refractivity contribution in [1.82, 2.24) is 14.6 Å². The molecule has 4 rings (SSSR count). The number of fused-ring (bicyclic) bond motifs is 3. The van der Waals surface area contributed by atoms with Crippen LogP contribution in [0, 0.1) is 5.82 Å². The van der Waals surface area contributed by atoms with Crippen LogP contribution >= 0.6 is 0 Å². The predicted octanol–water partition coefficient (Wildman–Crippen LogP) is 3.91. The van der Waals surface area contributed by atoms with Crippen molar-refractivity contribution in [3.8, 4) is 0 Å². The number of anilines is 2. The number of nitrogens with zero attached hydrogens (tertiary/aromatic N) is 2. The lowest BCUT2D eigenvalue weighted by Crippen LogP contribution is -2.27. The highest BCUT2D eigenvalue weighted by Crippen LogP contribution is 2.25. The molecule has 2 heterocycles. The van der Waals surface area contributed by atoms with Crippen molar-refractivity contribution in [2.45, 2.75) is 26.4 Å². The number of amides is 2. The van der Waals surface area contributed by atoms with E-state index in [1.807, 2.05) is 0 Å². The number of halogens is 1. The maximum absolute atomic E-state index is 13.9. The number of aromatic nitrogens is 3.